The Bertz CT molecular complexity index is 684. The molecule has 0 bridgehead atoms. The first-order valence-electron chi connectivity index (χ1n) is 6.53. The molecule has 2 atom stereocenters. The van der Waals surface area contributed by atoms with Crippen LogP contribution in [0.3, 0.4) is 0 Å². The number of aliphatic imine (C=N–C) groups is 1. The van der Waals surface area contributed by atoms with E-state index in [1.807, 2.05) is 0 Å². The van der Waals surface area contributed by atoms with Crippen LogP contribution in [0.2, 0.25) is 0 Å². The van der Waals surface area contributed by atoms with Gasteiger partial charge in [-0.25, -0.2) is 0 Å². The first-order valence-corrected chi connectivity index (χ1v) is 6.53. The molecule has 1 aromatic rings. The summed E-state index contributed by atoms with van der Waals surface area (Å²) in [6.07, 6.45) is -4.50. The minimum Gasteiger partial charge on any atom is -0.481 e. The van der Waals surface area contributed by atoms with Crippen molar-refractivity contribution in [1.29, 1.82) is 0 Å². The number of carbonyl (C=O) groups is 2. The predicted octanol–water partition coefficient (Wildman–Crippen LogP) is 1.74. The standard InChI is InChI=1S/C14H11F3N2O3/c15-14(16,17)8-3-1-2-7(4-8)9-6-19-10(20)5-18-12(19)11(9)13(21)22/h1-4,9,11H,5-6H2,(H,21,22). The molecule has 1 aromatic carbocycles. The molecule has 2 heterocycles. The summed E-state index contributed by atoms with van der Waals surface area (Å²) in [7, 11) is 0. The van der Waals surface area contributed by atoms with Crippen LogP contribution in [-0.4, -0.2) is 40.8 Å². The Balaban J connectivity index is 2.01. The SMILES string of the molecule is O=C(O)C1C2=NCC(=O)N2CC1c1cccc(C(F)(F)F)c1. The van der Waals surface area contributed by atoms with Gasteiger partial charge in [0.25, 0.3) is 0 Å². The number of rotatable bonds is 2. The smallest absolute Gasteiger partial charge is 0.416 e. The number of carboxylic acids is 1. The number of hydrogen-bond acceptors (Lipinski definition) is 3. The van der Waals surface area contributed by atoms with E-state index >= 15 is 0 Å². The van der Waals surface area contributed by atoms with E-state index in [-0.39, 0.29) is 30.4 Å². The summed E-state index contributed by atoms with van der Waals surface area (Å²) in [5.74, 6) is -3.22. The summed E-state index contributed by atoms with van der Waals surface area (Å²) in [4.78, 5) is 28.3. The number of amides is 1. The highest BCUT2D eigenvalue weighted by molar-refractivity contribution is 6.13. The van der Waals surface area contributed by atoms with Crippen molar-refractivity contribution in [3.63, 3.8) is 0 Å². The van der Waals surface area contributed by atoms with Crippen molar-refractivity contribution in [3.05, 3.63) is 35.4 Å². The van der Waals surface area contributed by atoms with Gasteiger partial charge in [-0.3, -0.25) is 19.5 Å². The van der Waals surface area contributed by atoms with Gasteiger partial charge in [0.15, 0.2) is 0 Å². The van der Waals surface area contributed by atoms with Gasteiger partial charge in [-0.05, 0) is 11.6 Å². The first kappa shape index (κ1) is 14.6. The number of benzene rings is 1. The van der Waals surface area contributed by atoms with Crippen LogP contribution in [0, 0.1) is 5.92 Å². The van der Waals surface area contributed by atoms with Crippen LogP contribution in [-0.2, 0) is 15.8 Å². The number of amidine groups is 1. The maximum Gasteiger partial charge on any atom is 0.416 e. The molecule has 2 aliphatic heterocycles. The normalized spacial score (nSPS) is 24.4. The van der Waals surface area contributed by atoms with Crippen LogP contribution in [0.5, 0.6) is 0 Å². The molecule has 22 heavy (non-hydrogen) atoms. The van der Waals surface area contributed by atoms with Crippen LogP contribution < -0.4 is 0 Å². The molecule has 1 amide bonds. The molecule has 1 N–H and O–H groups in total. The minimum absolute atomic E-state index is 0.0376. The third-order valence-electron chi connectivity index (χ3n) is 3.92. The molecular weight excluding hydrogens is 301 g/mol. The van der Waals surface area contributed by atoms with E-state index in [1.54, 1.807) is 0 Å². The van der Waals surface area contributed by atoms with Gasteiger partial charge in [-0.15, -0.1) is 0 Å². The zero-order valence-electron chi connectivity index (χ0n) is 11.2. The van der Waals surface area contributed by atoms with Gasteiger partial charge in [0.2, 0.25) is 5.91 Å². The molecule has 3 rings (SSSR count). The quantitative estimate of drug-likeness (QED) is 0.904. The molecule has 8 heteroatoms. The molecule has 2 aliphatic rings. The van der Waals surface area contributed by atoms with Crippen molar-refractivity contribution in [2.45, 2.75) is 12.1 Å². The number of hydrogen-bond donors (Lipinski definition) is 1. The zero-order chi connectivity index (χ0) is 16.1. The second kappa shape index (κ2) is 4.82. The van der Waals surface area contributed by atoms with E-state index in [1.165, 1.54) is 17.0 Å². The molecule has 0 radical (unpaired) electrons. The second-order valence-electron chi connectivity index (χ2n) is 5.22. The molecule has 5 nitrogen and oxygen atoms in total. The van der Waals surface area contributed by atoms with Crippen LogP contribution in [0.1, 0.15) is 17.0 Å². The number of halogens is 3. The summed E-state index contributed by atoms with van der Waals surface area (Å²) in [6, 6.07) is 4.55. The Kier molecular flexibility index (Phi) is 3.19. The second-order valence-corrected chi connectivity index (χ2v) is 5.22. The lowest BCUT2D eigenvalue weighted by Gasteiger charge is -2.16. The maximum atomic E-state index is 12.8. The van der Waals surface area contributed by atoms with Crippen molar-refractivity contribution in [2.75, 3.05) is 13.1 Å². The average Bonchev–Trinajstić information content (AvgIpc) is 2.98. The molecule has 0 saturated carbocycles. The van der Waals surface area contributed by atoms with Gasteiger partial charge < -0.3 is 5.11 Å². The molecule has 116 valence electrons. The predicted molar refractivity (Wildman–Crippen MR) is 69.3 cm³/mol. The van der Waals surface area contributed by atoms with E-state index in [2.05, 4.69) is 4.99 Å². The summed E-state index contributed by atoms with van der Waals surface area (Å²) < 4.78 is 38.4. The Labute approximate surface area is 123 Å². The minimum atomic E-state index is -4.50. The summed E-state index contributed by atoms with van der Waals surface area (Å²) in [6.45, 7) is -0.0651. The van der Waals surface area contributed by atoms with Crippen LogP contribution in [0.15, 0.2) is 29.3 Å². The molecular formula is C14H11F3N2O3. The first-order chi connectivity index (χ1) is 10.3. The molecule has 2 unspecified atom stereocenters. The number of aliphatic carboxylic acids is 1. The third-order valence-corrected chi connectivity index (χ3v) is 3.92. The van der Waals surface area contributed by atoms with Gasteiger partial charge in [-0.1, -0.05) is 18.2 Å². The van der Waals surface area contributed by atoms with Crippen LogP contribution >= 0.6 is 0 Å². The largest absolute Gasteiger partial charge is 0.481 e. The zero-order valence-corrected chi connectivity index (χ0v) is 11.2. The van der Waals surface area contributed by atoms with Gasteiger partial charge in [-0.2, -0.15) is 13.2 Å². The van der Waals surface area contributed by atoms with Gasteiger partial charge in [0, 0.05) is 12.5 Å². The number of nitrogens with zero attached hydrogens (tertiary/aromatic N) is 2. The lowest BCUT2D eigenvalue weighted by molar-refractivity contribution is -0.139. The molecule has 1 fully saturated rings. The molecule has 1 saturated heterocycles. The summed E-state index contributed by atoms with van der Waals surface area (Å²) in [5.41, 5.74) is -0.596. The monoisotopic (exact) mass is 312 g/mol. The lowest BCUT2D eigenvalue weighted by atomic mass is 9.87. The van der Waals surface area contributed by atoms with Crippen LogP contribution in [0.25, 0.3) is 0 Å². The van der Waals surface area contributed by atoms with Crippen molar-refractivity contribution in [2.24, 2.45) is 10.9 Å². The molecule has 0 aromatic heterocycles. The van der Waals surface area contributed by atoms with E-state index < -0.39 is 29.5 Å². The van der Waals surface area contributed by atoms with E-state index in [0.29, 0.717) is 0 Å². The summed E-state index contributed by atoms with van der Waals surface area (Å²) in [5, 5.41) is 9.37. The van der Waals surface area contributed by atoms with Gasteiger partial charge in [0.05, 0.1) is 5.56 Å². The Hall–Kier alpha value is -2.38. The van der Waals surface area contributed by atoms with Crippen molar-refractivity contribution >= 4 is 17.7 Å². The fourth-order valence-electron chi connectivity index (χ4n) is 2.92. The maximum absolute atomic E-state index is 12.8. The molecule has 0 spiro atoms. The van der Waals surface area contributed by atoms with E-state index in [0.717, 1.165) is 12.1 Å². The molecule has 0 aliphatic carbocycles. The average molecular weight is 312 g/mol. The topological polar surface area (TPSA) is 70.0 Å². The van der Waals surface area contributed by atoms with Gasteiger partial charge in [0.1, 0.15) is 18.3 Å². The number of carbonyl (C=O) groups excluding carboxylic acids is 1. The van der Waals surface area contributed by atoms with Crippen molar-refractivity contribution in [3.8, 4) is 0 Å². The number of fused-ring (bicyclic) bond motifs is 1. The summed E-state index contributed by atoms with van der Waals surface area (Å²) >= 11 is 0. The number of carboxylic acid groups (broad SMARTS) is 1. The van der Waals surface area contributed by atoms with E-state index in [4.69, 9.17) is 0 Å². The van der Waals surface area contributed by atoms with Crippen molar-refractivity contribution < 1.29 is 27.9 Å². The highest BCUT2D eigenvalue weighted by Crippen LogP contribution is 2.38. The Morgan fingerprint density at radius 3 is 2.73 bits per heavy atom. The van der Waals surface area contributed by atoms with E-state index in [9.17, 15) is 27.9 Å². The van der Waals surface area contributed by atoms with Crippen molar-refractivity contribution in [1.82, 2.24) is 4.90 Å². The number of alkyl halides is 3. The Morgan fingerprint density at radius 2 is 2.09 bits per heavy atom. The fourth-order valence-corrected chi connectivity index (χ4v) is 2.92. The lowest BCUT2D eigenvalue weighted by Crippen LogP contribution is -2.30. The fraction of sp³-hybridized carbons (Fsp3) is 0.357. The van der Waals surface area contributed by atoms with Gasteiger partial charge >= 0.3 is 12.1 Å². The van der Waals surface area contributed by atoms with Crippen LogP contribution in [0.4, 0.5) is 13.2 Å². The highest BCUT2D eigenvalue weighted by atomic mass is 19.4. The highest BCUT2D eigenvalue weighted by Gasteiger charge is 2.48. The third kappa shape index (κ3) is 2.24. The Morgan fingerprint density at radius 1 is 1.36 bits per heavy atom.